The number of hydrogen-bond acceptors (Lipinski definition) is 14. The normalized spacial score (nSPS) is 13.4. The monoisotopic (exact) mass is 964 g/mol. The maximum Gasteiger partial charge on any atom is 2.00 e. The van der Waals surface area contributed by atoms with Crippen molar-refractivity contribution in [2.45, 2.75) is 117 Å². The van der Waals surface area contributed by atoms with Gasteiger partial charge in [0.2, 0.25) is 0 Å². The Morgan fingerprint density at radius 2 is 0.737 bits per heavy atom. The summed E-state index contributed by atoms with van der Waals surface area (Å²) in [7, 11) is -9.95. The van der Waals surface area contributed by atoms with Gasteiger partial charge in [-0.05, 0) is 85.8 Å². The van der Waals surface area contributed by atoms with Gasteiger partial charge in [0.15, 0.2) is 0 Å². The summed E-state index contributed by atoms with van der Waals surface area (Å²) in [5, 5.41) is 0. The van der Waals surface area contributed by atoms with Crippen molar-refractivity contribution in [2.75, 3.05) is 26.4 Å². The van der Waals surface area contributed by atoms with E-state index in [1.807, 2.05) is 55.4 Å². The molecule has 0 heterocycles. The molecule has 14 nitrogen and oxygen atoms in total. The standard InChI is InChI=1S/2C20H30O7S.Ba/c2*1-5-14(3)9-11-26-19(21)16-7-8-17(18(13-16)28(23,24)25)20(22)27-12-10-15(4)6-2;/h2*7-8,13-15H,5-6,9-12H2,1-4H3,(H,23,24,25);/q;;+2/p-2. The van der Waals surface area contributed by atoms with Crippen molar-refractivity contribution < 1.29 is 64.1 Å². The third-order valence-electron chi connectivity index (χ3n) is 9.58. The smallest absolute Gasteiger partial charge is 0.744 e. The third-order valence-corrected chi connectivity index (χ3v) is 11.3. The van der Waals surface area contributed by atoms with Gasteiger partial charge in [0.05, 0.1) is 58.5 Å². The number of rotatable bonds is 22. The molecule has 0 N–H and O–H groups in total. The molecule has 0 amide bonds. The summed E-state index contributed by atoms with van der Waals surface area (Å²) >= 11 is 0. The van der Waals surface area contributed by atoms with Crippen LogP contribution in [0.4, 0.5) is 0 Å². The third kappa shape index (κ3) is 20.5. The van der Waals surface area contributed by atoms with Crippen LogP contribution in [0, 0.1) is 23.7 Å². The van der Waals surface area contributed by atoms with Crippen LogP contribution in [0.25, 0.3) is 0 Å². The molecular weight excluding hydrogens is 906 g/mol. The Kier molecular flexibility index (Phi) is 26.4. The first-order valence-corrected chi connectivity index (χ1v) is 21.9. The van der Waals surface area contributed by atoms with Crippen LogP contribution >= 0.6 is 0 Å². The van der Waals surface area contributed by atoms with E-state index in [0.717, 1.165) is 49.9 Å². The van der Waals surface area contributed by atoms with Gasteiger partial charge in [0, 0.05) is 0 Å². The molecule has 2 aromatic rings. The fourth-order valence-corrected chi connectivity index (χ4v) is 5.98. The molecule has 316 valence electrons. The van der Waals surface area contributed by atoms with Crippen LogP contribution in [0.3, 0.4) is 0 Å². The van der Waals surface area contributed by atoms with Gasteiger partial charge in [-0.25, -0.2) is 36.0 Å². The molecule has 0 saturated carbocycles. The summed E-state index contributed by atoms with van der Waals surface area (Å²) in [5.74, 6) is -1.83. The van der Waals surface area contributed by atoms with E-state index >= 15 is 0 Å². The fraction of sp³-hybridized carbons (Fsp3) is 0.600. The quantitative estimate of drug-likeness (QED) is 0.0494. The molecule has 17 heteroatoms. The summed E-state index contributed by atoms with van der Waals surface area (Å²) in [5.41, 5.74) is -0.963. The molecule has 0 aliphatic rings. The second-order valence-corrected chi connectivity index (χ2v) is 16.8. The van der Waals surface area contributed by atoms with E-state index in [2.05, 4.69) is 0 Å². The zero-order valence-corrected chi connectivity index (χ0v) is 40.6. The maximum absolute atomic E-state index is 12.2. The van der Waals surface area contributed by atoms with Gasteiger partial charge < -0.3 is 28.1 Å². The summed E-state index contributed by atoms with van der Waals surface area (Å²) in [4.78, 5) is 47.1. The molecule has 0 aliphatic heterocycles. The van der Waals surface area contributed by atoms with Crippen LogP contribution in [0.15, 0.2) is 46.2 Å². The first kappa shape index (κ1) is 54.7. The summed E-state index contributed by atoms with van der Waals surface area (Å²) < 4.78 is 89.9. The number of esters is 4. The first-order chi connectivity index (χ1) is 26.2. The minimum atomic E-state index is -4.98. The van der Waals surface area contributed by atoms with E-state index in [9.17, 15) is 45.1 Å². The van der Waals surface area contributed by atoms with E-state index in [-0.39, 0.29) is 97.6 Å². The minimum absolute atomic E-state index is 0. The van der Waals surface area contributed by atoms with E-state index in [0.29, 0.717) is 49.4 Å². The molecule has 0 radical (unpaired) electrons. The van der Waals surface area contributed by atoms with Crippen LogP contribution in [-0.4, -0.2) is 125 Å². The van der Waals surface area contributed by atoms with Crippen LogP contribution in [0.2, 0.25) is 0 Å². The van der Waals surface area contributed by atoms with Gasteiger partial charge in [-0.2, -0.15) is 0 Å². The van der Waals surface area contributed by atoms with E-state index in [1.165, 1.54) is 12.1 Å². The van der Waals surface area contributed by atoms with Gasteiger partial charge in [-0.3, -0.25) is 0 Å². The van der Waals surface area contributed by atoms with Crippen molar-refractivity contribution in [2.24, 2.45) is 23.7 Å². The molecule has 0 aromatic heterocycles. The molecule has 0 fully saturated rings. The largest absolute Gasteiger partial charge is 2.00 e. The maximum atomic E-state index is 12.2. The van der Waals surface area contributed by atoms with Crippen molar-refractivity contribution in [3.05, 3.63) is 58.7 Å². The van der Waals surface area contributed by atoms with Gasteiger partial charge >= 0.3 is 72.8 Å². The topological polar surface area (TPSA) is 220 Å². The Bertz CT molecular complexity index is 1680. The van der Waals surface area contributed by atoms with E-state index < -0.39 is 53.9 Å². The average Bonchev–Trinajstić information content (AvgIpc) is 3.16. The Labute approximate surface area is 379 Å². The van der Waals surface area contributed by atoms with E-state index in [1.54, 1.807) is 0 Å². The van der Waals surface area contributed by atoms with Crippen LogP contribution in [-0.2, 0) is 39.2 Å². The van der Waals surface area contributed by atoms with Crippen LogP contribution < -0.4 is 0 Å². The number of carbonyl (C=O) groups is 4. The predicted octanol–water partition coefficient (Wildman–Crippen LogP) is 7.17. The SMILES string of the molecule is CCC(C)CCOC(=O)c1ccc(C(=O)OCCC(C)CC)c(S(=O)(=O)[O-])c1.CCC(C)CCOC(=O)c1ccc(C(=O)OCCC(C)CC)c(S(=O)(=O)[O-])c1.[Ba+2]. The molecule has 2 rings (SSSR count). The number of carbonyl (C=O) groups excluding carboxylic acids is 4. The molecule has 57 heavy (non-hydrogen) atoms. The molecule has 0 bridgehead atoms. The van der Waals surface area contributed by atoms with E-state index in [4.69, 9.17) is 18.9 Å². The van der Waals surface area contributed by atoms with Crippen molar-refractivity contribution >= 4 is 93.0 Å². The number of ether oxygens (including phenoxy) is 4. The first-order valence-electron chi connectivity index (χ1n) is 19.1. The zero-order chi connectivity index (χ0) is 42.6. The molecule has 0 spiro atoms. The summed E-state index contributed by atoms with van der Waals surface area (Å²) in [6.07, 6.45) is 6.35. The second kappa shape index (κ2) is 27.5. The van der Waals surface area contributed by atoms with Crippen molar-refractivity contribution in [3.63, 3.8) is 0 Å². The molecule has 0 saturated heterocycles. The van der Waals surface area contributed by atoms with Crippen molar-refractivity contribution in [1.82, 2.24) is 0 Å². The Morgan fingerprint density at radius 3 is 0.965 bits per heavy atom. The summed E-state index contributed by atoms with van der Waals surface area (Å²) in [6.45, 7) is 16.7. The molecular formula is C40H58BaO14S2. The molecule has 4 unspecified atom stereocenters. The Balaban J connectivity index is 0.00000108. The average molecular weight is 964 g/mol. The molecule has 0 aliphatic carbocycles. The Morgan fingerprint density at radius 1 is 0.491 bits per heavy atom. The second-order valence-electron chi connectivity index (χ2n) is 14.1. The van der Waals surface area contributed by atoms with Crippen molar-refractivity contribution in [1.29, 1.82) is 0 Å². The fourth-order valence-electron chi connectivity index (χ4n) is 4.60. The Hall–Kier alpha value is -2.29. The summed E-state index contributed by atoms with van der Waals surface area (Å²) in [6, 6.07) is 6.48. The van der Waals surface area contributed by atoms with Gasteiger partial charge in [-0.15, -0.1) is 0 Å². The molecule has 4 atom stereocenters. The van der Waals surface area contributed by atoms with Gasteiger partial charge in [0.1, 0.15) is 20.2 Å². The minimum Gasteiger partial charge on any atom is -0.744 e. The number of benzene rings is 2. The molecule has 2 aromatic carbocycles. The number of hydrogen-bond donors (Lipinski definition) is 0. The van der Waals surface area contributed by atoms with Gasteiger partial charge in [-0.1, -0.05) is 81.1 Å². The predicted molar refractivity (Wildman–Crippen MR) is 212 cm³/mol. The van der Waals surface area contributed by atoms with Gasteiger partial charge in [0.25, 0.3) is 0 Å². The van der Waals surface area contributed by atoms with Crippen LogP contribution in [0.1, 0.15) is 148 Å². The van der Waals surface area contributed by atoms with Crippen LogP contribution in [0.5, 0.6) is 0 Å². The van der Waals surface area contributed by atoms with Crippen molar-refractivity contribution in [3.8, 4) is 0 Å². The zero-order valence-electron chi connectivity index (χ0n) is 34.5.